The van der Waals surface area contributed by atoms with Gasteiger partial charge in [-0.3, -0.25) is 0 Å². The molecule has 1 nitrogen and oxygen atoms in total. The zero-order chi connectivity index (χ0) is 13.4. The highest BCUT2D eigenvalue weighted by Crippen LogP contribution is 2.31. The van der Waals surface area contributed by atoms with Crippen molar-refractivity contribution in [1.82, 2.24) is 5.32 Å². The number of hydrogen-bond donors (Lipinski definition) is 1. The van der Waals surface area contributed by atoms with Gasteiger partial charge in [0, 0.05) is 6.04 Å². The third kappa shape index (κ3) is 2.38. The van der Waals surface area contributed by atoms with Crippen molar-refractivity contribution in [3.63, 3.8) is 0 Å². The number of benzene rings is 2. The van der Waals surface area contributed by atoms with E-state index in [9.17, 15) is 8.78 Å². The first-order chi connectivity index (χ1) is 9.13. The zero-order valence-corrected chi connectivity index (χ0v) is 10.7. The van der Waals surface area contributed by atoms with E-state index in [1.807, 2.05) is 12.1 Å². The van der Waals surface area contributed by atoms with Crippen LogP contribution in [0.2, 0.25) is 0 Å². The Morgan fingerprint density at radius 1 is 1.05 bits per heavy atom. The lowest BCUT2D eigenvalue weighted by Crippen LogP contribution is -2.38. The lowest BCUT2D eigenvalue weighted by Gasteiger charge is -2.32. The second-order valence-corrected chi connectivity index (χ2v) is 5.10. The maximum Gasteiger partial charge on any atom is 0.123 e. The molecule has 98 valence electrons. The lowest BCUT2D eigenvalue weighted by atomic mass is 9.87. The second-order valence-electron chi connectivity index (χ2n) is 5.10. The van der Waals surface area contributed by atoms with Gasteiger partial charge >= 0.3 is 0 Å². The molecule has 0 radical (unpaired) electrons. The summed E-state index contributed by atoms with van der Waals surface area (Å²) in [7, 11) is 0. The summed E-state index contributed by atoms with van der Waals surface area (Å²) in [5.41, 5.74) is 2.86. The van der Waals surface area contributed by atoms with E-state index in [0.717, 1.165) is 23.1 Å². The van der Waals surface area contributed by atoms with Crippen LogP contribution in [0.4, 0.5) is 8.78 Å². The highest BCUT2D eigenvalue weighted by Gasteiger charge is 2.25. The van der Waals surface area contributed by atoms with E-state index in [1.165, 1.54) is 18.2 Å². The van der Waals surface area contributed by atoms with Gasteiger partial charge in [-0.25, -0.2) is 8.78 Å². The molecule has 2 aromatic rings. The van der Waals surface area contributed by atoms with Gasteiger partial charge in [0.2, 0.25) is 0 Å². The summed E-state index contributed by atoms with van der Waals surface area (Å²) < 4.78 is 26.8. The first-order valence-corrected chi connectivity index (χ1v) is 6.43. The molecule has 0 amide bonds. The molecule has 2 atom stereocenters. The number of hydrogen-bond acceptors (Lipinski definition) is 1. The van der Waals surface area contributed by atoms with Gasteiger partial charge in [0.05, 0.1) is 6.04 Å². The first-order valence-electron chi connectivity index (χ1n) is 6.43. The van der Waals surface area contributed by atoms with Crippen LogP contribution in [0.3, 0.4) is 0 Å². The van der Waals surface area contributed by atoms with Crippen LogP contribution in [0.1, 0.15) is 29.7 Å². The van der Waals surface area contributed by atoms with E-state index in [2.05, 4.69) is 12.2 Å². The summed E-state index contributed by atoms with van der Waals surface area (Å²) in [6, 6.07) is 11.5. The minimum atomic E-state index is -0.268. The zero-order valence-electron chi connectivity index (χ0n) is 10.7. The van der Waals surface area contributed by atoms with Gasteiger partial charge in [-0.2, -0.15) is 0 Å². The molecule has 0 fully saturated rings. The fourth-order valence-corrected chi connectivity index (χ4v) is 2.75. The molecule has 2 aromatic carbocycles. The topological polar surface area (TPSA) is 12.0 Å². The predicted molar refractivity (Wildman–Crippen MR) is 70.9 cm³/mol. The van der Waals surface area contributed by atoms with Crippen molar-refractivity contribution in [2.24, 2.45) is 0 Å². The molecule has 1 N–H and O–H groups in total. The summed E-state index contributed by atoms with van der Waals surface area (Å²) in [6.45, 7) is 2.08. The van der Waals surface area contributed by atoms with Crippen LogP contribution in [0.15, 0.2) is 42.5 Å². The maximum atomic E-state index is 13.5. The van der Waals surface area contributed by atoms with E-state index in [4.69, 9.17) is 0 Å². The van der Waals surface area contributed by atoms with E-state index in [1.54, 1.807) is 12.1 Å². The Balaban J connectivity index is 2.10. The summed E-state index contributed by atoms with van der Waals surface area (Å²) in [5, 5.41) is 3.41. The third-order valence-electron chi connectivity index (χ3n) is 3.58. The third-order valence-corrected chi connectivity index (χ3v) is 3.58. The van der Waals surface area contributed by atoms with Crippen LogP contribution in [0, 0.1) is 11.6 Å². The van der Waals surface area contributed by atoms with Crippen LogP contribution < -0.4 is 5.32 Å². The molecule has 1 aliphatic rings. The van der Waals surface area contributed by atoms with Crippen LogP contribution >= 0.6 is 0 Å². The monoisotopic (exact) mass is 259 g/mol. The minimum Gasteiger partial charge on any atom is -0.303 e. The second kappa shape index (κ2) is 4.74. The average Bonchev–Trinajstić information content (AvgIpc) is 2.38. The van der Waals surface area contributed by atoms with E-state index in [-0.39, 0.29) is 23.7 Å². The van der Waals surface area contributed by atoms with E-state index in [0.29, 0.717) is 0 Å². The van der Waals surface area contributed by atoms with Crippen molar-refractivity contribution in [2.75, 3.05) is 0 Å². The fraction of sp³-hybridized carbons (Fsp3) is 0.250. The van der Waals surface area contributed by atoms with Crippen LogP contribution in [-0.2, 0) is 6.42 Å². The molecule has 1 aliphatic heterocycles. The van der Waals surface area contributed by atoms with E-state index < -0.39 is 0 Å². The van der Waals surface area contributed by atoms with Gasteiger partial charge < -0.3 is 5.32 Å². The maximum absolute atomic E-state index is 13.5. The molecule has 0 bridgehead atoms. The molecule has 1 heterocycles. The van der Waals surface area contributed by atoms with Gasteiger partial charge in [0.25, 0.3) is 0 Å². The number of fused-ring (bicyclic) bond motifs is 1. The Morgan fingerprint density at radius 2 is 1.84 bits per heavy atom. The van der Waals surface area contributed by atoms with Crippen molar-refractivity contribution in [3.05, 3.63) is 70.8 Å². The van der Waals surface area contributed by atoms with Gasteiger partial charge in [-0.05, 0) is 54.3 Å². The molecule has 0 spiro atoms. The molecule has 3 heteroatoms. The molecular weight excluding hydrogens is 244 g/mol. The number of halogens is 2. The molecule has 0 saturated carbocycles. The fourth-order valence-electron chi connectivity index (χ4n) is 2.75. The SMILES string of the molecule is CC1Cc2ccc(F)cc2C(c2cccc(F)c2)N1. The average molecular weight is 259 g/mol. The highest BCUT2D eigenvalue weighted by atomic mass is 19.1. The van der Waals surface area contributed by atoms with Crippen molar-refractivity contribution < 1.29 is 8.78 Å². The smallest absolute Gasteiger partial charge is 0.123 e. The molecular formula is C16H15F2N. The van der Waals surface area contributed by atoms with Crippen LogP contribution in [0.25, 0.3) is 0 Å². The number of rotatable bonds is 1. The molecule has 19 heavy (non-hydrogen) atoms. The van der Waals surface area contributed by atoms with Gasteiger partial charge in [0.15, 0.2) is 0 Å². The van der Waals surface area contributed by atoms with Crippen molar-refractivity contribution in [1.29, 1.82) is 0 Å². The summed E-state index contributed by atoms with van der Waals surface area (Å²) in [4.78, 5) is 0. The Morgan fingerprint density at radius 3 is 2.63 bits per heavy atom. The number of nitrogens with one attached hydrogen (secondary N) is 1. The predicted octanol–water partition coefficient (Wildman–Crippen LogP) is 3.59. The van der Waals surface area contributed by atoms with Crippen molar-refractivity contribution >= 4 is 0 Å². The first kappa shape index (κ1) is 12.3. The molecule has 2 unspecified atom stereocenters. The Hall–Kier alpha value is -1.74. The molecule has 0 aliphatic carbocycles. The molecule has 3 rings (SSSR count). The quantitative estimate of drug-likeness (QED) is 0.825. The van der Waals surface area contributed by atoms with E-state index >= 15 is 0 Å². The normalized spacial score (nSPS) is 22.1. The summed E-state index contributed by atoms with van der Waals surface area (Å²) in [6.07, 6.45) is 0.863. The lowest BCUT2D eigenvalue weighted by molar-refractivity contribution is 0.459. The van der Waals surface area contributed by atoms with Gasteiger partial charge in [-0.15, -0.1) is 0 Å². The van der Waals surface area contributed by atoms with Crippen LogP contribution in [0.5, 0.6) is 0 Å². The Bertz CT molecular complexity index is 609. The Kier molecular flexibility index (Phi) is 3.07. The van der Waals surface area contributed by atoms with Crippen LogP contribution in [-0.4, -0.2) is 6.04 Å². The Labute approximate surface area is 111 Å². The molecule has 0 aromatic heterocycles. The van der Waals surface area contributed by atoms with Crippen molar-refractivity contribution in [2.45, 2.75) is 25.4 Å². The molecule has 0 saturated heterocycles. The van der Waals surface area contributed by atoms with Gasteiger partial charge in [0.1, 0.15) is 11.6 Å². The summed E-state index contributed by atoms with van der Waals surface area (Å²) in [5.74, 6) is -0.521. The highest BCUT2D eigenvalue weighted by molar-refractivity contribution is 5.40. The van der Waals surface area contributed by atoms with Crippen molar-refractivity contribution in [3.8, 4) is 0 Å². The minimum absolute atomic E-state index is 0.148. The standard InChI is InChI=1S/C16H15F2N/c1-10-7-11-5-6-14(18)9-15(11)16(19-10)12-3-2-4-13(17)8-12/h2-6,8-10,16,19H,7H2,1H3. The van der Waals surface area contributed by atoms with Gasteiger partial charge in [-0.1, -0.05) is 18.2 Å². The summed E-state index contributed by atoms with van der Waals surface area (Å²) >= 11 is 0. The largest absolute Gasteiger partial charge is 0.303 e.